The van der Waals surface area contributed by atoms with E-state index in [9.17, 15) is 8.42 Å². The maximum Gasteiger partial charge on any atom is 0.164 e. The van der Waals surface area contributed by atoms with Gasteiger partial charge in [0.05, 0.1) is 5.75 Å². The van der Waals surface area contributed by atoms with E-state index in [0.29, 0.717) is 6.42 Å². The lowest BCUT2D eigenvalue weighted by atomic mass is 10.3. The van der Waals surface area contributed by atoms with E-state index < -0.39 is 15.1 Å². The van der Waals surface area contributed by atoms with Crippen LogP contribution in [0.25, 0.3) is 0 Å². The van der Waals surface area contributed by atoms with Crippen molar-refractivity contribution in [1.82, 2.24) is 0 Å². The highest BCUT2D eigenvalue weighted by Crippen LogP contribution is 2.18. The molecule has 9 heavy (non-hydrogen) atoms. The lowest BCUT2D eigenvalue weighted by Crippen LogP contribution is -2.12. The molecule has 0 saturated carbocycles. The Kier molecular flexibility index (Phi) is 1.50. The van der Waals surface area contributed by atoms with Crippen LogP contribution in [0, 0.1) is 12.3 Å². The molecule has 1 heterocycles. The molecule has 1 unspecified atom stereocenters. The molecule has 2 nitrogen and oxygen atoms in total. The Bertz CT molecular complexity index is 232. The van der Waals surface area contributed by atoms with Gasteiger partial charge in [-0.05, 0) is 12.8 Å². The molecule has 3 heteroatoms. The molecule has 1 rings (SSSR count). The van der Waals surface area contributed by atoms with Gasteiger partial charge in [0.2, 0.25) is 0 Å². The predicted octanol–water partition coefficient (Wildman–Crippen LogP) is 0.197. The Morgan fingerprint density at radius 3 is 2.44 bits per heavy atom. The summed E-state index contributed by atoms with van der Waals surface area (Å²) in [5.41, 5.74) is 0. The summed E-state index contributed by atoms with van der Waals surface area (Å²) in [4.78, 5) is 0. The second-order valence-electron chi connectivity index (χ2n) is 2.16. The smallest absolute Gasteiger partial charge is 0.164 e. The molecule has 0 bridgehead atoms. The van der Waals surface area contributed by atoms with Gasteiger partial charge in [-0.3, -0.25) is 0 Å². The second-order valence-corrected chi connectivity index (χ2v) is 4.47. The summed E-state index contributed by atoms with van der Waals surface area (Å²) in [5.74, 6) is 2.55. The summed E-state index contributed by atoms with van der Waals surface area (Å²) in [6, 6.07) is 0. The highest BCUT2D eigenvalue weighted by molar-refractivity contribution is 7.92. The van der Waals surface area contributed by atoms with Gasteiger partial charge in [-0.1, -0.05) is 5.92 Å². The average molecular weight is 144 g/mol. The maximum absolute atomic E-state index is 10.9. The molecule has 0 N–H and O–H groups in total. The number of hydrogen-bond donors (Lipinski definition) is 0. The van der Waals surface area contributed by atoms with Crippen molar-refractivity contribution in [2.24, 2.45) is 0 Å². The third-order valence-corrected chi connectivity index (χ3v) is 3.61. The molecule has 0 radical (unpaired) electrons. The van der Waals surface area contributed by atoms with E-state index in [2.05, 4.69) is 5.92 Å². The molecular weight excluding hydrogens is 136 g/mol. The van der Waals surface area contributed by atoms with E-state index in [1.165, 1.54) is 0 Å². The van der Waals surface area contributed by atoms with Gasteiger partial charge in [0, 0.05) is 0 Å². The number of sulfone groups is 1. The number of hydrogen-bond acceptors (Lipinski definition) is 2. The van der Waals surface area contributed by atoms with Crippen molar-refractivity contribution in [1.29, 1.82) is 0 Å². The molecule has 1 aliphatic rings. The molecule has 0 spiro atoms. The molecule has 50 valence electrons. The fourth-order valence-electron chi connectivity index (χ4n) is 0.979. The summed E-state index contributed by atoms with van der Waals surface area (Å²) in [6.07, 6.45) is 6.37. The van der Waals surface area contributed by atoms with E-state index in [-0.39, 0.29) is 5.75 Å². The van der Waals surface area contributed by atoms with Gasteiger partial charge in [-0.15, -0.1) is 6.42 Å². The molecule has 1 fully saturated rings. The van der Waals surface area contributed by atoms with Crippen molar-refractivity contribution in [3.8, 4) is 12.3 Å². The SMILES string of the molecule is C#CC1CCCS1(=O)=O. The average Bonchev–Trinajstić information content (AvgIpc) is 2.08. The number of rotatable bonds is 0. The highest BCUT2D eigenvalue weighted by atomic mass is 32.2. The van der Waals surface area contributed by atoms with Crippen molar-refractivity contribution in [2.45, 2.75) is 18.1 Å². The Morgan fingerprint density at radius 1 is 1.56 bits per heavy atom. The highest BCUT2D eigenvalue weighted by Gasteiger charge is 2.28. The zero-order chi connectivity index (χ0) is 6.91. The fourth-order valence-corrected chi connectivity index (χ4v) is 2.57. The van der Waals surface area contributed by atoms with Gasteiger partial charge in [-0.25, -0.2) is 8.42 Å². The van der Waals surface area contributed by atoms with Crippen LogP contribution in [-0.4, -0.2) is 19.4 Å². The molecule has 1 aliphatic heterocycles. The van der Waals surface area contributed by atoms with Gasteiger partial charge in [0.1, 0.15) is 5.25 Å². The van der Waals surface area contributed by atoms with Crippen LogP contribution < -0.4 is 0 Å². The van der Waals surface area contributed by atoms with Gasteiger partial charge in [0.25, 0.3) is 0 Å². The molecular formula is C6H8O2S. The normalized spacial score (nSPS) is 31.7. The number of terminal acetylenes is 1. The first-order valence-corrected chi connectivity index (χ1v) is 4.56. The largest absolute Gasteiger partial charge is 0.228 e. The van der Waals surface area contributed by atoms with Gasteiger partial charge < -0.3 is 0 Å². The van der Waals surface area contributed by atoms with Gasteiger partial charge >= 0.3 is 0 Å². The van der Waals surface area contributed by atoms with Crippen LogP contribution in [-0.2, 0) is 9.84 Å². The Labute approximate surface area is 55.2 Å². The first kappa shape index (κ1) is 6.63. The van der Waals surface area contributed by atoms with E-state index in [1.807, 2.05) is 0 Å². The molecule has 1 atom stereocenters. The van der Waals surface area contributed by atoms with Crippen LogP contribution in [0.1, 0.15) is 12.8 Å². The zero-order valence-electron chi connectivity index (χ0n) is 5.00. The van der Waals surface area contributed by atoms with Crippen molar-refractivity contribution in [3.63, 3.8) is 0 Å². The molecule has 1 saturated heterocycles. The van der Waals surface area contributed by atoms with Crippen LogP contribution in [0.2, 0.25) is 0 Å². The first-order valence-electron chi connectivity index (χ1n) is 2.84. The Hall–Kier alpha value is -0.490. The van der Waals surface area contributed by atoms with Crippen LogP contribution in [0.4, 0.5) is 0 Å². The van der Waals surface area contributed by atoms with E-state index in [1.54, 1.807) is 0 Å². The van der Waals surface area contributed by atoms with E-state index in [0.717, 1.165) is 6.42 Å². The standard InChI is InChI=1S/C6H8O2S/c1-2-6-4-3-5-9(6,7)8/h1,6H,3-5H2. The third-order valence-electron chi connectivity index (χ3n) is 1.51. The van der Waals surface area contributed by atoms with E-state index >= 15 is 0 Å². The van der Waals surface area contributed by atoms with Gasteiger partial charge in [-0.2, -0.15) is 0 Å². The summed E-state index contributed by atoms with van der Waals surface area (Å²) >= 11 is 0. The predicted molar refractivity (Wildman–Crippen MR) is 35.6 cm³/mol. The van der Waals surface area contributed by atoms with Crippen LogP contribution in [0.3, 0.4) is 0 Å². The minimum atomic E-state index is -2.87. The topological polar surface area (TPSA) is 34.1 Å². The summed E-state index contributed by atoms with van der Waals surface area (Å²) in [7, 11) is -2.87. The van der Waals surface area contributed by atoms with Crippen molar-refractivity contribution in [3.05, 3.63) is 0 Å². The lowest BCUT2D eigenvalue weighted by molar-refractivity contribution is 0.598. The monoisotopic (exact) mass is 144 g/mol. The molecule has 0 aliphatic carbocycles. The zero-order valence-corrected chi connectivity index (χ0v) is 5.82. The third kappa shape index (κ3) is 1.08. The van der Waals surface area contributed by atoms with Crippen molar-refractivity contribution < 1.29 is 8.42 Å². The fraction of sp³-hybridized carbons (Fsp3) is 0.667. The van der Waals surface area contributed by atoms with Crippen LogP contribution in [0.15, 0.2) is 0 Å². The van der Waals surface area contributed by atoms with E-state index in [4.69, 9.17) is 6.42 Å². The van der Waals surface area contributed by atoms with Crippen LogP contribution in [0.5, 0.6) is 0 Å². The molecule has 0 aromatic carbocycles. The Balaban J connectivity index is 2.91. The Morgan fingerprint density at radius 2 is 2.22 bits per heavy atom. The van der Waals surface area contributed by atoms with Crippen LogP contribution >= 0.6 is 0 Å². The lowest BCUT2D eigenvalue weighted by Gasteiger charge is -1.95. The molecule has 0 aromatic heterocycles. The first-order chi connectivity index (χ1) is 4.17. The molecule has 0 amide bonds. The minimum absolute atomic E-state index is 0.280. The summed E-state index contributed by atoms with van der Waals surface area (Å²) in [6.45, 7) is 0. The minimum Gasteiger partial charge on any atom is -0.228 e. The second kappa shape index (κ2) is 2.03. The quantitative estimate of drug-likeness (QED) is 0.455. The summed E-state index contributed by atoms with van der Waals surface area (Å²) < 4.78 is 21.7. The van der Waals surface area contributed by atoms with Crippen molar-refractivity contribution >= 4 is 9.84 Å². The van der Waals surface area contributed by atoms with Crippen molar-refractivity contribution in [2.75, 3.05) is 5.75 Å². The summed E-state index contributed by atoms with van der Waals surface area (Å²) in [5, 5.41) is -0.488. The maximum atomic E-state index is 10.9. The van der Waals surface area contributed by atoms with Gasteiger partial charge in [0.15, 0.2) is 9.84 Å². The molecule has 0 aromatic rings.